The minimum absolute atomic E-state index is 0.0301. The number of nitrogens with one attached hydrogen (secondary N) is 1. The number of carbonyl (C=O) groups excluding carboxylic acids is 1. The summed E-state index contributed by atoms with van der Waals surface area (Å²) in [6, 6.07) is 10.6. The minimum atomic E-state index is -4.55. The highest BCUT2D eigenvalue weighted by Crippen LogP contribution is 2.50. The molecule has 0 unspecified atom stereocenters. The number of amides is 1. The first-order valence-electron chi connectivity index (χ1n) is 12.9. The van der Waals surface area contributed by atoms with Crippen LogP contribution in [0.5, 0.6) is 0 Å². The number of aryl methyl sites for hydroxylation is 1. The van der Waals surface area contributed by atoms with Crippen LogP contribution in [0.3, 0.4) is 0 Å². The molecule has 200 valence electrons. The van der Waals surface area contributed by atoms with E-state index in [1.165, 1.54) is 11.0 Å². The predicted octanol–water partition coefficient (Wildman–Crippen LogP) is 4.59. The first-order valence-corrected chi connectivity index (χ1v) is 12.9. The van der Waals surface area contributed by atoms with Crippen LogP contribution in [0.15, 0.2) is 42.7 Å². The van der Waals surface area contributed by atoms with Crippen molar-refractivity contribution in [2.24, 2.45) is 13.0 Å². The Kier molecular flexibility index (Phi) is 5.88. The summed E-state index contributed by atoms with van der Waals surface area (Å²) < 4.78 is 49.8. The molecule has 1 aliphatic heterocycles. The second-order valence-corrected chi connectivity index (χ2v) is 10.9. The van der Waals surface area contributed by atoms with Gasteiger partial charge < -0.3 is 19.5 Å². The maximum atomic E-state index is 14.1. The summed E-state index contributed by atoms with van der Waals surface area (Å²) in [6.45, 7) is 2.27. The average Bonchev–Trinajstić information content (AvgIpc) is 3.23. The van der Waals surface area contributed by atoms with Gasteiger partial charge in [0.05, 0.1) is 23.6 Å². The fourth-order valence-electron chi connectivity index (χ4n) is 6.01. The van der Waals surface area contributed by atoms with Crippen LogP contribution in [0.2, 0.25) is 0 Å². The molecule has 3 aliphatic rings. The molecule has 10 heteroatoms. The molecule has 1 amide bonds. The second kappa shape index (κ2) is 8.91. The van der Waals surface area contributed by atoms with Crippen molar-refractivity contribution >= 4 is 11.6 Å². The maximum absolute atomic E-state index is 14.1. The number of ether oxygens (including phenoxy) is 1. The summed E-state index contributed by atoms with van der Waals surface area (Å²) in [5.74, 6) is 0.899. The van der Waals surface area contributed by atoms with E-state index in [0.717, 1.165) is 17.8 Å². The van der Waals surface area contributed by atoms with Crippen LogP contribution < -0.4 is 10.2 Å². The van der Waals surface area contributed by atoms with E-state index in [1.807, 2.05) is 29.8 Å². The minimum Gasteiger partial charge on any atom is -0.381 e. The third-order valence-electron chi connectivity index (χ3n) is 8.42. The first kappa shape index (κ1) is 25.1. The van der Waals surface area contributed by atoms with Crippen molar-refractivity contribution in [3.05, 3.63) is 76.4 Å². The Morgan fingerprint density at radius 1 is 1.21 bits per heavy atom. The lowest BCUT2D eigenvalue weighted by Gasteiger charge is -2.46. The fourth-order valence-corrected chi connectivity index (χ4v) is 6.01. The summed E-state index contributed by atoms with van der Waals surface area (Å²) in [7, 11) is 3.56. The standard InChI is InChI=1S/C28H30F3N5O2/c1-16-7-24(16)32-13-17-8-21-22(23(9-17)28(29,30)31)14-36(25(21)37)19-6-4-5-18(10-19)27(11-20(12-27)38-3)26-34-33-15-35(26)2/h4-6,8-10,15-16,20,24,32H,7,11-14H2,1-3H3/t16-,20-,24-,27-/m1/s1. The summed E-state index contributed by atoms with van der Waals surface area (Å²) in [5, 5.41) is 11.7. The largest absolute Gasteiger partial charge is 0.416 e. The fraction of sp³-hybridized carbons (Fsp3) is 0.464. The van der Waals surface area contributed by atoms with Crippen molar-refractivity contribution in [1.82, 2.24) is 20.1 Å². The van der Waals surface area contributed by atoms with Gasteiger partial charge in [-0.2, -0.15) is 13.2 Å². The molecule has 1 aromatic heterocycles. The third-order valence-corrected chi connectivity index (χ3v) is 8.42. The molecule has 38 heavy (non-hydrogen) atoms. The third kappa shape index (κ3) is 4.10. The van der Waals surface area contributed by atoms with Gasteiger partial charge in [-0.1, -0.05) is 19.1 Å². The van der Waals surface area contributed by atoms with Crippen molar-refractivity contribution in [1.29, 1.82) is 0 Å². The van der Waals surface area contributed by atoms with Crippen LogP contribution in [0.4, 0.5) is 18.9 Å². The van der Waals surface area contributed by atoms with Gasteiger partial charge in [0.2, 0.25) is 0 Å². The Balaban J connectivity index is 1.34. The molecular formula is C28H30F3N5O2. The number of benzene rings is 2. The molecule has 2 atom stereocenters. The number of fused-ring (bicyclic) bond motifs is 1. The van der Waals surface area contributed by atoms with Crippen molar-refractivity contribution in [3.63, 3.8) is 0 Å². The molecule has 7 nitrogen and oxygen atoms in total. The summed E-state index contributed by atoms with van der Waals surface area (Å²) in [6.07, 6.45) is -0.434. The Morgan fingerprint density at radius 2 is 1.97 bits per heavy atom. The number of halogens is 3. The lowest BCUT2D eigenvalue weighted by molar-refractivity contribution is -0.138. The average molecular weight is 526 g/mol. The number of aromatic nitrogens is 3. The molecule has 2 heterocycles. The van der Waals surface area contributed by atoms with E-state index in [-0.39, 0.29) is 23.8 Å². The Hall–Kier alpha value is -3.24. The van der Waals surface area contributed by atoms with E-state index in [2.05, 4.69) is 22.4 Å². The monoisotopic (exact) mass is 525 g/mol. The zero-order valence-corrected chi connectivity index (χ0v) is 21.5. The zero-order chi connectivity index (χ0) is 26.8. The van der Waals surface area contributed by atoms with Gasteiger partial charge in [-0.25, -0.2) is 0 Å². The molecular weight excluding hydrogens is 495 g/mol. The molecule has 2 fully saturated rings. The summed E-state index contributed by atoms with van der Waals surface area (Å²) in [5.41, 5.74) is 0.932. The van der Waals surface area contributed by atoms with E-state index >= 15 is 0 Å². The van der Waals surface area contributed by atoms with Gasteiger partial charge in [0.25, 0.3) is 5.91 Å². The van der Waals surface area contributed by atoms with E-state index in [9.17, 15) is 18.0 Å². The van der Waals surface area contributed by atoms with Crippen LogP contribution in [0.1, 0.15) is 64.6 Å². The van der Waals surface area contributed by atoms with E-state index < -0.39 is 23.1 Å². The van der Waals surface area contributed by atoms with Gasteiger partial charge >= 0.3 is 6.18 Å². The molecule has 0 radical (unpaired) electrons. The number of nitrogens with zero attached hydrogens (tertiary/aromatic N) is 4. The molecule has 2 aliphatic carbocycles. The van der Waals surface area contributed by atoms with Gasteiger partial charge in [-0.15, -0.1) is 10.2 Å². The van der Waals surface area contributed by atoms with Crippen molar-refractivity contribution in [2.75, 3.05) is 12.0 Å². The highest BCUT2D eigenvalue weighted by atomic mass is 19.4. The number of hydrogen-bond acceptors (Lipinski definition) is 5. The Labute approximate surface area is 219 Å². The molecule has 0 saturated heterocycles. The summed E-state index contributed by atoms with van der Waals surface area (Å²) >= 11 is 0. The smallest absolute Gasteiger partial charge is 0.381 e. The van der Waals surface area contributed by atoms with Crippen LogP contribution in [0, 0.1) is 5.92 Å². The zero-order valence-electron chi connectivity index (χ0n) is 21.5. The SMILES string of the molecule is CO[C@H]1C[C@](c2cccc(N3Cc4c(cc(CN[C@@H]5C[C@H]5C)cc4C(F)(F)F)C3=O)c2)(c2nncn2C)C1. The van der Waals surface area contributed by atoms with Crippen LogP contribution >= 0.6 is 0 Å². The highest BCUT2D eigenvalue weighted by Gasteiger charge is 2.50. The number of carbonyl (C=O) groups is 1. The number of methoxy groups -OCH3 is 1. The molecule has 1 N–H and O–H groups in total. The van der Waals surface area contributed by atoms with Crippen LogP contribution in [0.25, 0.3) is 0 Å². The quantitative estimate of drug-likeness (QED) is 0.489. The number of alkyl halides is 3. The van der Waals surface area contributed by atoms with Crippen molar-refractivity contribution in [2.45, 2.75) is 63.0 Å². The van der Waals surface area contributed by atoms with Gasteiger partial charge in [-0.05, 0) is 66.1 Å². The first-order chi connectivity index (χ1) is 18.1. The molecule has 2 saturated carbocycles. The molecule has 0 spiro atoms. The normalized spacial score (nSPS) is 26.4. The second-order valence-electron chi connectivity index (χ2n) is 10.9. The van der Waals surface area contributed by atoms with Gasteiger partial charge in [-0.3, -0.25) is 4.79 Å². The maximum Gasteiger partial charge on any atom is 0.416 e. The number of rotatable bonds is 7. The molecule has 6 rings (SSSR count). The molecule has 2 aromatic carbocycles. The van der Waals surface area contributed by atoms with E-state index in [0.29, 0.717) is 42.6 Å². The van der Waals surface area contributed by atoms with Gasteiger partial charge in [0.15, 0.2) is 0 Å². The number of hydrogen-bond donors (Lipinski definition) is 1. The lowest BCUT2D eigenvalue weighted by Crippen LogP contribution is -2.48. The molecule has 3 aromatic rings. The topological polar surface area (TPSA) is 72.3 Å². The summed E-state index contributed by atoms with van der Waals surface area (Å²) in [4.78, 5) is 15.0. The molecule has 0 bridgehead atoms. The van der Waals surface area contributed by atoms with Crippen molar-refractivity contribution in [3.8, 4) is 0 Å². The predicted molar refractivity (Wildman–Crippen MR) is 135 cm³/mol. The van der Waals surface area contributed by atoms with Crippen molar-refractivity contribution < 1.29 is 22.7 Å². The van der Waals surface area contributed by atoms with Crippen LogP contribution in [-0.4, -0.2) is 39.9 Å². The van der Waals surface area contributed by atoms with Gasteiger partial charge in [0, 0.05) is 38.0 Å². The highest BCUT2D eigenvalue weighted by molar-refractivity contribution is 6.10. The number of anilines is 1. The van der Waals surface area contributed by atoms with Gasteiger partial charge in [0.1, 0.15) is 12.2 Å². The lowest BCUT2D eigenvalue weighted by atomic mass is 9.62. The Morgan fingerprint density at radius 3 is 2.61 bits per heavy atom. The van der Waals surface area contributed by atoms with E-state index in [4.69, 9.17) is 4.74 Å². The van der Waals surface area contributed by atoms with E-state index in [1.54, 1.807) is 25.6 Å². The van der Waals surface area contributed by atoms with Crippen LogP contribution in [-0.2, 0) is 36.5 Å². The Bertz CT molecular complexity index is 1400.